The van der Waals surface area contributed by atoms with E-state index in [1.807, 2.05) is 0 Å². The number of aromatic hydroxyl groups is 1. The minimum Gasteiger partial charge on any atom is -0.507 e. The molecule has 5 heteroatoms. The molecule has 0 bridgehead atoms. The van der Waals surface area contributed by atoms with Gasteiger partial charge in [0.1, 0.15) is 11.6 Å². The Labute approximate surface area is 112 Å². The summed E-state index contributed by atoms with van der Waals surface area (Å²) in [6, 6.07) is 7.21. The molecule has 0 saturated heterocycles. The van der Waals surface area contributed by atoms with Crippen LogP contribution in [0.15, 0.2) is 30.3 Å². The van der Waals surface area contributed by atoms with E-state index in [0.717, 1.165) is 6.07 Å². The maximum atomic E-state index is 13.1. The molecule has 0 spiro atoms. The molecule has 1 N–H and O–H groups in total. The molecule has 0 heterocycles. The van der Waals surface area contributed by atoms with Gasteiger partial charge in [-0.2, -0.15) is 0 Å². The fourth-order valence-corrected chi connectivity index (χ4v) is 2.03. The van der Waals surface area contributed by atoms with Crippen LogP contribution in [-0.2, 0) is 0 Å². The van der Waals surface area contributed by atoms with Crippen molar-refractivity contribution in [3.63, 3.8) is 0 Å². The predicted octanol–water partition coefficient (Wildman–Crippen LogP) is 5.16. The van der Waals surface area contributed by atoms with Crippen LogP contribution in [-0.4, -0.2) is 5.11 Å². The molecular formula is C12H6Cl3FO. The first kappa shape index (κ1) is 12.5. The molecule has 0 aliphatic carbocycles. The van der Waals surface area contributed by atoms with Gasteiger partial charge in [0, 0.05) is 17.2 Å². The Morgan fingerprint density at radius 2 is 1.65 bits per heavy atom. The van der Waals surface area contributed by atoms with Crippen LogP contribution in [0.25, 0.3) is 11.1 Å². The van der Waals surface area contributed by atoms with Crippen LogP contribution in [0.5, 0.6) is 5.75 Å². The highest BCUT2D eigenvalue weighted by molar-refractivity contribution is 6.43. The molecule has 88 valence electrons. The lowest BCUT2D eigenvalue weighted by Crippen LogP contribution is -1.85. The number of rotatable bonds is 1. The van der Waals surface area contributed by atoms with Gasteiger partial charge in [0.15, 0.2) is 0 Å². The second kappa shape index (κ2) is 4.73. The molecule has 0 aromatic heterocycles. The minimum absolute atomic E-state index is 0.0890. The molecule has 0 fully saturated rings. The van der Waals surface area contributed by atoms with Gasteiger partial charge in [-0.3, -0.25) is 0 Å². The Kier molecular flexibility index (Phi) is 3.48. The number of benzene rings is 2. The van der Waals surface area contributed by atoms with E-state index in [0.29, 0.717) is 16.1 Å². The Bertz CT molecular complexity index is 584. The molecule has 0 aliphatic heterocycles. The van der Waals surface area contributed by atoms with Crippen molar-refractivity contribution >= 4 is 34.8 Å². The maximum absolute atomic E-state index is 13.1. The van der Waals surface area contributed by atoms with Crippen LogP contribution >= 0.6 is 34.8 Å². The SMILES string of the molecule is Oc1cc(F)c(Cl)cc1-c1cccc(Cl)c1Cl. The van der Waals surface area contributed by atoms with Crippen molar-refractivity contribution in [1.29, 1.82) is 0 Å². The van der Waals surface area contributed by atoms with Crippen molar-refractivity contribution in [2.24, 2.45) is 0 Å². The highest BCUT2D eigenvalue weighted by Crippen LogP contribution is 2.39. The molecule has 0 unspecified atom stereocenters. The zero-order valence-corrected chi connectivity index (χ0v) is 10.6. The second-order valence-electron chi connectivity index (χ2n) is 3.38. The number of hydrogen-bond acceptors (Lipinski definition) is 1. The molecule has 0 saturated carbocycles. The highest BCUT2D eigenvalue weighted by Gasteiger charge is 2.13. The van der Waals surface area contributed by atoms with Crippen molar-refractivity contribution < 1.29 is 9.50 Å². The van der Waals surface area contributed by atoms with Gasteiger partial charge in [0.05, 0.1) is 15.1 Å². The van der Waals surface area contributed by atoms with Crippen molar-refractivity contribution in [3.05, 3.63) is 51.2 Å². The van der Waals surface area contributed by atoms with E-state index in [4.69, 9.17) is 34.8 Å². The monoisotopic (exact) mass is 290 g/mol. The maximum Gasteiger partial charge on any atom is 0.145 e. The molecular weight excluding hydrogens is 285 g/mol. The number of hydrogen-bond donors (Lipinski definition) is 1. The Hall–Kier alpha value is -0.960. The summed E-state index contributed by atoms with van der Waals surface area (Å²) in [5, 5.41) is 10.2. The summed E-state index contributed by atoms with van der Waals surface area (Å²) in [5.74, 6) is -0.929. The average molecular weight is 292 g/mol. The quantitative estimate of drug-likeness (QED) is 0.769. The molecule has 0 radical (unpaired) electrons. The second-order valence-corrected chi connectivity index (χ2v) is 4.58. The van der Waals surface area contributed by atoms with Crippen LogP contribution in [0.1, 0.15) is 0 Å². The van der Waals surface area contributed by atoms with Crippen LogP contribution in [0.2, 0.25) is 15.1 Å². The zero-order chi connectivity index (χ0) is 12.6. The van der Waals surface area contributed by atoms with Crippen LogP contribution in [0, 0.1) is 5.82 Å². The molecule has 0 amide bonds. The molecule has 0 atom stereocenters. The molecule has 0 aliphatic rings. The van der Waals surface area contributed by atoms with E-state index in [1.165, 1.54) is 6.07 Å². The lowest BCUT2D eigenvalue weighted by molar-refractivity contribution is 0.471. The normalized spacial score (nSPS) is 10.6. The van der Waals surface area contributed by atoms with Crippen molar-refractivity contribution in [3.8, 4) is 16.9 Å². The predicted molar refractivity (Wildman–Crippen MR) is 68.5 cm³/mol. The average Bonchev–Trinajstić information content (AvgIpc) is 2.28. The Morgan fingerprint density at radius 1 is 0.941 bits per heavy atom. The van der Waals surface area contributed by atoms with Crippen molar-refractivity contribution in [2.45, 2.75) is 0 Å². The number of phenolic OH excluding ortho intramolecular Hbond substituents is 1. The minimum atomic E-state index is -0.689. The molecule has 2 rings (SSSR count). The summed E-state index contributed by atoms with van der Waals surface area (Å²) in [6.07, 6.45) is 0. The number of halogens is 4. The summed E-state index contributed by atoms with van der Waals surface area (Å²) < 4.78 is 13.1. The summed E-state index contributed by atoms with van der Waals surface area (Å²) >= 11 is 17.5. The summed E-state index contributed by atoms with van der Waals surface area (Å²) in [6.45, 7) is 0. The third-order valence-electron chi connectivity index (χ3n) is 2.28. The van der Waals surface area contributed by atoms with Crippen molar-refractivity contribution in [2.75, 3.05) is 0 Å². The van der Waals surface area contributed by atoms with Gasteiger partial charge in [-0.15, -0.1) is 0 Å². The molecule has 2 aromatic rings. The van der Waals surface area contributed by atoms with Gasteiger partial charge in [-0.05, 0) is 12.1 Å². The van der Waals surface area contributed by atoms with E-state index in [2.05, 4.69) is 0 Å². The first-order valence-corrected chi connectivity index (χ1v) is 5.76. The van der Waals surface area contributed by atoms with Gasteiger partial charge in [0.25, 0.3) is 0 Å². The third kappa shape index (κ3) is 2.34. The van der Waals surface area contributed by atoms with Crippen LogP contribution in [0.3, 0.4) is 0 Å². The first-order valence-electron chi connectivity index (χ1n) is 4.63. The van der Waals surface area contributed by atoms with E-state index >= 15 is 0 Å². The largest absolute Gasteiger partial charge is 0.507 e. The molecule has 17 heavy (non-hydrogen) atoms. The van der Waals surface area contributed by atoms with E-state index in [1.54, 1.807) is 18.2 Å². The Morgan fingerprint density at radius 3 is 2.35 bits per heavy atom. The fourth-order valence-electron chi connectivity index (χ4n) is 1.46. The number of phenols is 1. The molecule has 1 nitrogen and oxygen atoms in total. The van der Waals surface area contributed by atoms with Gasteiger partial charge in [-0.1, -0.05) is 46.9 Å². The standard InChI is InChI=1S/C12H6Cl3FO/c13-8-3-1-2-6(12(8)15)7-4-9(14)10(16)5-11(7)17/h1-5,17H. The van der Waals surface area contributed by atoms with Crippen molar-refractivity contribution in [1.82, 2.24) is 0 Å². The van der Waals surface area contributed by atoms with Crippen LogP contribution < -0.4 is 0 Å². The topological polar surface area (TPSA) is 20.2 Å². The zero-order valence-electron chi connectivity index (χ0n) is 8.35. The fraction of sp³-hybridized carbons (Fsp3) is 0. The lowest BCUT2D eigenvalue weighted by Gasteiger charge is -2.09. The van der Waals surface area contributed by atoms with Gasteiger partial charge < -0.3 is 5.11 Å². The van der Waals surface area contributed by atoms with E-state index in [-0.39, 0.29) is 15.8 Å². The lowest BCUT2D eigenvalue weighted by atomic mass is 10.0. The summed E-state index contributed by atoms with van der Waals surface area (Å²) in [7, 11) is 0. The highest BCUT2D eigenvalue weighted by atomic mass is 35.5. The smallest absolute Gasteiger partial charge is 0.145 e. The van der Waals surface area contributed by atoms with E-state index < -0.39 is 5.82 Å². The third-order valence-corrected chi connectivity index (χ3v) is 3.39. The van der Waals surface area contributed by atoms with Gasteiger partial charge in [-0.25, -0.2) is 4.39 Å². The molecule has 2 aromatic carbocycles. The summed E-state index contributed by atoms with van der Waals surface area (Å²) in [5.41, 5.74) is 0.836. The van der Waals surface area contributed by atoms with Crippen LogP contribution in [0.4, 0.5) is 4.39 Å². The van der Waals surface area contributed by atoms with Gasteiger partial charge >= 0.3 is 0 Å². The van der Waals surface area contributed by atoms with E-state index in [9.17, 15) is 9.50 Å². The summed E-state index contributed by atoms with van der Waals surface area (Å²) in [4.78, 5) is 0. The Balaban J connectivity index is 2.69. The first-order chi connectivity index (χ1) is 8.00. The van der Waals surface area contributed by atoms with Gasteiger partial charge in [0.2, 0.25) is 0 Å².